The van der Waals surface area contributed by atoms with Crippen molar-refractivity contribution < 1.29 is 9.53 Å². The third-order valence-corrected chi connectivity index (χ3v) is 2.24. The Morgan fingerprint density at radius 3 is 2.53 bits per heavy atom. The molecule has 1 heterocycles. The Bertz CT molecular complexity index is 495. The molecule has 0 bridgehead atoms. The van der Waals surface area contributed by atoms with Gasteiger partial charge in [0.2, 0.25) is 5.88 Å². The molecule has 1 aromatic heterocycles. The second-order valence-electron chi connectivity index (χ2n) is 3.41. The molecule has 1 aromatic carbocycles. The van der Waals surface area contributed by atoms with Crippen LogP contribution in [0.15, 0.2) is 48.7 Å². The van der Waals surface area contributed by atoms with Gasteiger partial charge in [-0.3, -0.25) is 4.79 Å². The summed E-state index contributed by atoms with van der Waals surface area (Å²) < 4.78 is 4.92. The lowest BCUT2D eigenvalue weighted by Gasteiger charge is -2.05. The fraction of sp³-hybridized carbons (Fsp3) is 0.0769. The molecule has 4 nitrogen and oxygen atoms in total. The lowest BCUT2D eigenvalue weighted by Crippen LogP contribution is -2.11. The average Bonchev–Trinajstić information content (AvgIpc) is 2.40. The monoisotopic (exact) mass is 228 g/mol. The summed E-state index contributed by atoms with van der Waals surface area (Å²) in [7, 11) is 1.53. The van der Waals surface area contributed by atoms with E-state index in [2.05, 4.69) is 10.3 Å². The summed E-state index contributed by atoms with van der Waals surface area (Å²) >= 11 is 0. The topological polar surface area (TPSA) is 51.2 Å². The van der Waals surface area contributed by atoms with E-state index in [0.717, 1.165) is 5.69 Å². The maximum atomic E-state index is 11.8. The highest BCUT2D eigenvalue weighted by Gasteiger charge is 2.06. The van der Waals surface area contributed by atoms with Gasteiger partial charge in [0.1, 0.15) is 0 Å². The van der Waals surface area contributed by atoms with E-state index in [1.54, 1.807) is 12.1 Å². The summed E-state index contributed by atoms with van der Waals surface area (Å²) in [6.45, 7) is 0. The molecule has 2 aromatic rings. The lowest BCUT2D eigenvalue weighted by atomic mass is 10.2. The van der Waals surface area contributed by atoms with Crippen molar-refractivity contribution in [1.82, 2.24) is 4.98 Å². The van der Waals surface area contributed by atoms with Crippen LogP contribution in [0.25, 0.3) is 0 Å². The highest BCUT2D eigenvalue weighted by Crippen LogP contribution is 2.10. The minimum absolute atomic E-state index is 0.189. The maximum Gasteiger partial charge on any atom is 0.257 e. The van der Waals surface area contributed by atoms with Crippen molar-refractivity contribution in [3.05, 3.63) is 54.2 Å². The van der Waals surface area contributed by atoms with Crippen LogP contribution in [0.4, 0.5) is 5.69 Å². The van der Waals surface area contributed by atoms with Gasteiger partial charge in [0.05, 0.1) is 12.7 Å². The molecule has 0 spiro atoms. The Labute approximate surface area is 99.3 Å². The van der Waals surface area contributed by atoms with E-state index in [-0.39, 0.29) is 5.91 Å². The average molecular weight is 228 g/mol. The molecular formula is C13H12N2O2. The van der Waals surface area contributed by atoms with Gasteiger partial charge in [-0.1, -0.05) is 18.2 Å². The van der Waals surface area contributed by atoms with Crippen LogP contribution in [-0.2, 0) is 0 Å². The summed E-state index contributed by atoms with van der Waals surface area (Å²) in [5.74, 6) is 0.299. The second kappa shape index (κ2) is 5.12. The van der Waals surface area contributed by atoms with Crippen LogP contribution in [-0.4, -0.2) is 18.0 Å². The van der Waals surface area contributed by atoms with Crippen LogP contribution >= 0.6 is 0 Å². The first-order chi connectivity index (χ1) is 8.29. The van der Waals surface area contributed by atoms with Crippen LogP contribution in [0.3, 0.4) is 0 Å². The van der Waals surface area contributed by atoms with Crippen LogP contribution in [0.1, 0.15) is 10.4 Å². The predicted molar refractivity (Wildman–Crippen MR) is 65.2 cm³/mol. The summed E-state index contributed by atoms with van der Waals surface area (Å²) in [4.78, 5) is 15.8. The van der Waals surface area contributed by atoms with E-state index in [9.17, 15) is 4.79 Å². The molecule has 0 atom stereocenters. The molecule has 4 heteroatoms. The van der Waals surface area contributed by atoms with Crippen LogP contribution in [0.5, 0.6) is 5.88 Å². The van der Waals surface area contributed by atoms with Gasteiger partial charge < -0.3 is 10.1 Å². The molecule has 17 heavy (non-hydrogen) atoms. The minimum atomic E-state index is -0.189. The van der Waals surface area contributed by atoms with E-state index in [1.807, 2.05) is 30.3 Å². The molecule has 1 amide bonds. The van der Waals surface area contributed by atoms with Crippen LogP contribution in [0, 0.1) is 0 Å². The molecule has 0 aliphatic carbocycles. The standard InChI is InChI=1S/C13H12N2O2/c1-17-12-8-7-10(9-14-12)13(16)15-11-5-3-2-4-6-11/h2-9H,1H3,(H,15,16). The Balaban J connectivity index is 2.09. The number of methoxy groups -OCH3 is 1. The number of hydrogen-bond donors (Lipinski definition) is 1. The third-order valence-electron chi connectivity index (χ3n) is 2.24. The Hall–Kier alpha value is -2.36. The zero-order valence-electron chi connectivity index (χ0n) is 9.38. The first kappa shape index (κ1) is 11.1. The van der Waals surface area contributed by atoms with Gasteiger partial charge >= 0.3 is 0 Å². The van der Waals surface area contributed by atoms with Crippen LogP contribution in [0.2, 0.25) is 0 Å². The summed E-state index contributed by atoms with van der Waals surface area (Å²) in [5.41, 5.74) is 1.25. The number of rotatable bonds is 3. The van der Waals surface area contributed by atoms with Gasteiger partial charge in [0, 0.05) is 18.0 Å². The smallest absolute Gasteiger partial charge is 0.257 e. The fourth-order valence-corrected chi connectivity index (χ4v) is 1.36. The molecule has 0 radical (unpaired) electrons. The molecule has 0 aliphatic rings. The number of aromatic nitrogens is 1. The number of pyridine rings is 1. The highest BCUT2D eigenvalue weighted by molar-refractivity contribution is 6.04. The molecule has 0 unspecified atom stereocenters. The van der Waals surface area contributed by atoms with Crippen molar-refractivity contribution in [1.29, 1.82) is 0 Å². The van der Waals surface area contributed by atoms with Crippen molar-refractivity contribution >= 4 is 11.6 Å². The number of amides is 1. The number of para-hydroxylation sites is 1. The number of anilines is 1. The van der Waals surface area contributed by atoms with E-state index in [1.165, 1.54) is 13.3 Å². The first-order valence-electron chi connectivity index (χ1n) is 5.16. The molecule has 0 aliphatic heterocycles. The predicted octanol–water partition coefficient (Wildman–Crippen LogP) is 2.34. The van der Waals surface area contributed by atoms with E-state index < -0.39 is 0 Å². The van der Waals surface area contributed by atoms with E-state index in [4.69, 9.17) is 4.74 Å². The van der Waals surface area contributed by atoms with Gasteiger partial charge in [-0.25, -0.2) is 4.98 Å². The van der Waals surface area contributed by atoms with Gasteiger partial charge in [0.15, 0.2) is 0 Å². The number of nitrogens with zero attached hydrogens (tertiary/aromatic N) is 1. The van der Waals surface area contributed by atoms with Crippen molar-refractivity contribution in [2.24, 2.45) is 0 Å². The van der Waals surface area contributed by atoms with Crippen molar-refractivity contribution in [2.45, 2.75) is 0 Å². The number of carbonyl (C=O) groups is 1. The van der Waals surface area contributed by atoms with E-state index in [0.29, 0.717) is 11.4 Å². The SMILES string of the molecule is COc1ccc(C(=O)Nc2ccccc2)cn1. The van der Waals surface area contributed by atoms with Crippen molar-refractivity contribution in [3.63, 3.8) is 0 Å². The minimum Gasteiger partial charge on any atom is -0.481 e. The fourth-order valence-electron chi connectivity index (χ4n) is 1.36. The third kappa shape index (κ3) is 2.81. The van der Waals surface area contributed by atoms with Gasteiger partial charge in [-0.05, 0) is 18.2 Å². The highest BCUT2D eigenvalue weighted by atomic mass is 16.5. The maximum absolute atomic E-state index is 11.8. The number of ether oxygens (including phenoxy) is 1. The zero-order chi connectivity index (χ0) is 12.1. The summed E-state index contributed by atoms with van der Waals surface area (Å²) in [6, 6.07) is 12.6. The molecular weight excluding hydrogens is 216 g/mol. The van der Waals surface area contributed by atoms with Gasteiger partial charge in [-0.2, -0.15) is 0 Å². The van der Waals surface area contributed by atoms with Crippen molar-refractivity contribution in [2.75, 3.05) is 12.4 Å². The van der Waals surface area contributed by atoms with E-state index >= 15 is 0 Å². The zero-order valence-corrected chi connectivity index (χ0v) is 9.38. The Kier molecular flexibility index (Phi) is 3.35. The number of benzene rings is 1. The second-order valence-corrected chi connectivity index (χ2v) is 3.41. The van der Waals surface area contributed by atoms with Gasteiger partial charge in [-0.15, -0.1) is 0 Å². The molecule has 1 N–H and O–H groups in total. The normalized spacial score (nSPS) is 9.71. The summed E-state index contributed by atoms with van der Waals surface area (Å²) in [5, 5.41) is 2.78. The first-order valence-corrected chi connectivity index (χ1v) is 5.16. The number of carbonyl (C=O) groups excluding carboxylic acids is 1. The summed E-state index contributed by atoms with van der Waals surface area (Å²) in [6.07, 6.45) is 1.48. The molecule has 0 saturated heterocycles. The Morgan fingerprint density at radius 2 is 1.94 bits per heavy atom. The van der Waals surface area contributed by atoms with Gasteiger partial charge in [0.25, 0.3) is 5.91 Å². The number of hydrogen-bond acceptors (Lipinski definition) is 3. The lowest BCUT2D eigenvalue weighted by molar-refractivity contribution is 0.102. The molecule has 0 saturated carbocycles. The quantitative estimate of drug-likeness (QED) is 0.877. The largest absolute Gasteiger partial charge is 0.481 e. The molecule has 2 rings (SSSR count). The molecule has 86 valence electrons. The van der Waals surface area contributed by atoms with Crippen LogP contribution < -0.4 is 10.1 Å². The molecule has 0 fully saturated rings. The number of nitrogens with one attached hydrogen (secondary N) is 1. The Morgan fingerprint density at radius 1 is 1.18 bits per heavy atom. The van der Waals surface area contributed by atoms with Crippen molar-refractivity contribution in [3.8, 4) is 5.88 Å².